The molecular weight excluding hydrogens is 264 g/mol. The molecule has 108 valence electrons. The molecule has 0 unspecified atom stereocenters. The lowest BCUT2D eigenvalue weighted by molar-refractivity contribution is 0.269. The van der Waals surface area contributed by atoms with Gasteiger partial charge in [-0.2, -0.15) is 4.98 Å². The first-order chi connectivity index (χ1) is 10.2. The first-order valence-corrected chi connectivity index (χ1v) is 7.03. The van der Waals surface area contributed by atoms with Crippen LogP contribution in [0.2, 0.25) is 0 Å². The summed E-state index contributed by atoms with van der Waals surface area (Å²) >= 11 is 0. The molecule has 3 rings (SSSR count). The minimum absolute atomic E-state index is 0.120. The van der Waals surface area contributed by atoms with Gasteiger partial charge in [-0.25, -0.2) is 0 Å². The van der Waals surface area contributed by atoms with E-state index in [2.05, 4.69) is 31.0 Å². The van der Waals surface area contributed by atoms with Gasteiger partial charge in [0.05, 0.1) is 6.61 Å². The molecule has 4 nitrogen and oxygen atoms in total. The Bertz CT molecular complexity index is 745. The number of nitrogens with zero attached hydrogens (tertiary/aromatic N) is 2. The summed E-state index contributed by atoms with van der Waals surface area (Å²) in [6.45, 7) is 4.19. The molecule has 1 N–H and O–H groups in total. The molecule has 3 aromatic rings. The highest BCUT2D eigenvalue weighted by atomic mass is 16.5. The van der Waals surface area contributed by atoms with Gasteiger partial charge in [-0.3, -0.25) is 4.40 Å². The van der Waals surface area contributed by atoms with Crippen molar-refractivity contribution in [1.82, 2.24) is 9.38 Å². The average Bonchev–Trinajstić information content (AvgIpc) is 2.84. The number of imidazole rings is 1. The third kappa shape index (κ3) is 2.62. The normalized spacial score (nSPS) is 11.2. The number of ether oxygens (including phenoxy) is 1. The van der Waals surface area contributed by atoms with Crippen molar-refractivity contribution in [3.05, 3.63) is 59.9 Å². The first kappa shape index (κ1) is 13.6. The molecule has 0 atom stereocenters. The van der Waals surface area contributed by atoms with E-state index in [9.17, 15) is 5.11 Å². The predicted molar refractivity (Wildman–Crippen MR) is 81.7 cm³/mol. The quantitative estimate of drug-likeness (QED) is 0.793. The molecule has 0 bridgehead atoms. The molecule has 0 aliphatic carbocycles. The predicted octanol–water partition coefficient (Wildman–Crippen LogP) is 3.74. The Morgan fingerprint density at radius 3 is 2.57 bits per heavy atom. The summed E-state index contributed by atoms with van der Waals surface area (Å²) in [6.07, 6.45) is 1.86. The average molecular weight is 282 g/mol. The van der Waals surface area contributed by atoms with Gasteiger partial charge >= 0.3 is 0 Å². The van der Waals surface area contributed by atoms with E-state index in [1.807, 2.05) is 40.9 Å². The summed E-state index contributed by atoms with van der Waals surface area (Å²) in [4.78, 5) is 4.42. The van der Waals surface area contributed by atoms with Crippen LogP contribution in [0.1, 0.15) is 31.0 Å². The topological polar surface area (TPSA) is 46.8 Å². The number of aliphatic hydroxyl groups is 1. The number of aliphatic hydroxyl groups excluding tert-OH is 1. The van der Waals surface area contributed by atoms with Crippen LogP contribution in [-0.4, -0.2) is 14.5 Å². The summed E-state index contributed by atoms with van der Waals surface area (Å²) in [5.41, 5.74) is 2.67. The van der Waals surface area contributed by atoms with E-state index < -0.39 is 0 Å². The zero-order valence-electron chi connectivity index (χ0n) is 12.2. The maximum atomic E-state index is 9.56. The Morgan fingerprint density at radius 2 is 1.90 bits per heavy atom. The van der Waals surface area contributed by atoms with Crippen molar-refractivity contribution in [3.63, 3.8) is 0 Å². The van der Waals surface area contributed by atoms with Crippen molar-refractivity contribution in [2.75, 3.05) is 0 Å². The molecule has 0 spiro atoms. The molecule has 0 saturated carbocycles. The zero-order valence-corrected chi connectivity index (χ0v) is 12.2. The SMILES string of the molecule is CC(C)c1ccc(Oc2nc3ccccn3c2CO)cc1. The van der Waals surface area contributed by atoms with Crippen LogP contribution in [0.25, 0.3) is 5.65 Å². The number of aromatic nitrogens is 2. The van der Waals surface area contributed by atoms with Crippen LogP contribution in [-0.2, 0) is 6.61 Å². The second kappa shape index (κ2) is 5.58. The second-order valence-electron chi connectivity index (χ2n) is 5.28. The van der Waals surface area contributed by atoms with Gasteiger partial charge in [-0.15, -0.1) is 0 Å². The van der Waals surface area contributed by atoms with Crippen LogP contribution in [0.3, 0.4) is 0 Å². The van der Waals surface area contributed by atoms with Gasteiger partial charge in [-0.05, 0) is 35.7 Å². The molecule has 2 aromatic heterocycles. The maximum absolute atomic E-state index is 9.56. The van der Waals surface area contributed by atoms with Crippen molar-refractivity contribution in [1.29, 1.82) is 0 Å². The minimum atomic E-state index is -0.120. The Kier molecular flexibility index (Phi) is 3.62. The highest BCUT2D eigenvalue weighted by molar-refractivity contribution is 5.46. The van der Waals surface area contributed by atoms with E-state index in [-0.39, 0.29) is 6.61 Å². The third-order valence-corrected chi connectivity index (χ3v) is 3.50. The molecule has 0 fully saturated rings. The summed E-state index contributed by atoms with van der Waals surface area (Å²) in [6, 6.07) is 13.7. The van der Waals surface area contributed by atoms with Crippen LogP contribution < -0.4 is 4.74 Å². The first-order valence-electron chi connectivity index (χ1n) is 7.03. The fourth-order valence-electron chi connectivity index (χ4n) is 2.28. The number of benzene rings is 1. The third-order valence-electron chi connectivity index (χ3n) is 3.50. The highest BCUT2D eigenvalue weighted by Crippen LogP contribution is 2.27. The van der Waals surface area contributed by atoms with Gasteiger partial charge < -0.3 is 9.84 Å². The number of pyridine rings is 1. The molecular formula is C17H18N2O2. The summed E-state index contributed by atoms with van der Waals surface area (Å²) in [5.74, 6) is 1.65. The van der Waals surface area contributed by atoms with E-state index in [4.69, 9.17) is 4.74 Å². The molecule has 0 amide bonds. The van der Waals surface area contributed by atoms with E-state index in [0.717, 1.165) is 11.4 Å². The van der Waals surface area contributed by atoms with Crippen molar-refractivity contribution >= 4 is 5.65 Å². The number of rotatable bonds is 4. The van der Waals surface area contributed by atoms with Gasteiger partial charge in [0.2, 0.25) is 5.88 Å². The van der Waals surface area contributed by atoms with E-state index in [0.29, 0.717) is 17.5 Å². The Hall–Kier alpha value is -2.33. The molecule has 0 aliphatic heterocycles. The summed E-state index contributed by atoms with van der Waals surface area (Å²) in [5, 5.41) is 9.56. The van der Waals surface area contributed by atoms with Gasteiger partial charge in [0.15, 0.2) is 0 Å². The fraction of sp³-hybridized carbons (Fsp3) is 0.235. The van der Waals surface area contributed by atoms with Crippen molar-refractivity contribution < 1.29 is 9.84 Å². The van der Waals surface area contributed by atoms with Crippen LogP contribution in [0, 0.1) is 0 Å². The Balaban J connectivity index is 1.94. The van der Waals surface area contributed by atoms with Crippen LogP contribution in [0.4, 0.5) is 0 Å². The Labute approximate surface area is 123 Å². The fourth-order valence-corrected chi connectivity index (χ4v) is 2.28. The molecule has 0 aliphatic rings. The van der Waals surface area contributed by atoms with E-state index >= 15 is 0 Å². The molecule has 0 radical (unpaired) electrons. The minimum Gasteiger partial charge on any atom is -0.437 e. The zero-order chi connectivity index (χ0) is 14.8. The van der Waals surface area contributed by atoms with Crippen LogP contribution in [0.5, 0.6) is 11.6 Å². The Morgan fingerprint density at radius 1 is 1.14 bits per heavy atom. The number of hydrogen-bond donors (Lipinski definition) is 1. The molecule has 0 saturated heterocycles. The van der Waals surface area contributed by atoms with Crippen LogP contribution in [0.15, 0.2) is 48.7 Å². The van der Waals surface area contributed by atoms with E-state index in [1.165, 1.54) is 5.56 Å². The van der Waals surface area contributed by atoms with Gasteiger partial charge in [0.25, 0.3) is 0 Å². The maximum Gasteiger partial charge on any atom is 0.243 e. The largest absolute Gasteiger partial charge is 0.437 e. The molecule has 2 heterocycles. The van der Waals surface area contributed by atoms with Gasteiger partial charge in [0, 0.05) is 6.20 Å². The summed E-state index contributed by atoms with van der Waals surface area (Å²) < 4.78 is 7.66. The summed E-state index contributed by atoms with van der Waals surface area (Å²) in [7, 11) is 0. The molecule has 21 heavy (non-hydrogen) atoms. The smallest absolute Gasteiger partial charge is 0.243 e. The van der Waals surface area contributed by atoms with Gasteiger partial charge in [-0.1, -0.05) is 32.0 Å². The lowest BCUT2D eigenvalue weighted by atomic mass is 10.0. The highest BCUT2D eigenvalue weighted by Gasteiger charge is 2.13. The van der Waals surface area contributed by atoms with Crippen molar-refractivity contribution in [3.8, 4) is 11.6 Å². The van der Waals surface area contributed by atoms with Crippen molar-refractivity contribution in [2.24, 2.45) is 0 Å². The van der Waals surface area contributed by atoms with E-state index in [1.54, 1.807) is 0 Å². The number of hydrogen-bond acceptors (Lipinski definition) is 3. The molecule has 1 aromatic carbocycles. The lowest BCUT2D eigenvalue weighted by Gasteiger charge is -2.08. The van der Waals surface area contributed by atoms with Gasteiger partial charge in [0.1, 0.15) is 17.1 Å². The number of fused-ring (bicyclic) bond motifs is 1. The second-order valence-corrected chi connectivity index (χ2v) is 5.28. The van der Waals surface area contributed by atoms with Crippen LogP contribution >= 0.6 is 0 Å². The monoisotopic (exact) mass is 282 g/mol. The standard InChI is InChI=1S/C17H18N2O2/c1-12(2)13-6-8-14(9-7-13)21-17-15(11-20)19-10-4-3-5-16(19)18-17/h3-10,12,20H,11H2,1-2H3. The lowest BCUT2D eigenvalue weighted by Crippen LogP contribution is -1.95. The molecule has 4 heteroatoms. The van der Waals surface area contributed by atoms with Crippen molar-refractivity contribution in [2.45, 2.75) is 26.4 Å².